The lowest BCUT2D eigenvalue weighted by Gasteiger charge is -2.25. The minimum Gasteiger partial charge on any atom is -0.494 e. The average Bonchev–Trinajstić information content (AvgIpc) is 3.29. The number of amidine groups is 1. The van der Waals surface area contributed by atoms with Crippen LogP contribution in [0, 0.1) is 0 Å². The Morgan fingerprint density at radius 2 is 1.91 bits per heavy atom. The van der Waals surface area contributed by atoms with Crippen LogP contribution in [-0.4, -0.2) is 63.1 Å². The van der Waals surface area contributed by atoms with Crippen molar-refractivity contribution in [3.8, 4) is 17.2 Å². The van der Waals surface area contributed by atoms with E-state index >= 15 is 0 Å². The number of hydrogen-bond donors (Lipinski definition) is 0. The summed E-state index contributed by atoms with van der Waals surface area (Å²) >= 11 is 1.36. The van der Waals surface area contributed by atoms with Gasteiger partial charge >= 0.3 is 0 Å². The maximum absolute atomic E-state index is 12.9. The molecule has 188 valence electrons. The summed E-state index contributed by atoms with van der Waals surface area (Å²) in [5, 5.41) is 0.350. The molecule has 8 nitrogen and oxygen atoms in total. The van der Waals surface area contributed by atoms with Crippen molar-refractivity contribution in [3.05, 3.63) is 48.0 Å². The summed E-state index contributed by atoms with van der Waals surface area (Å²) in [6.07, 6.45) is 2.07. The van der Waals surface area contributed by atoms with Gasteiger partial charge in [-0.3, -0.25) is 4.79 Å². The highest BCUT2D eigenvalue weighted by Crippen LogP contribution is 2.41. The number of methoxy groups -OCH3 is 2. The minimum absolute atomic E-state index is 0.0362. The van der Waals surface area contributed by atoms with Crippen molar-refractivity contribution in [2.45, 2.75) is 37.5 Å². The number of unbranched alkanes of at least 4 members (excludes halogenated alkanes) is 1. The fourth-order valence-electron chi connectivity index (χ4n) is 4.24. The van der Waals surface area contributed by atoms with E-state index in [9.17, 15) is 13.2 Å². The number of carbonyl (C=O) groups is 1. The molecule has 0 bridgehead atoms. The summed E-state index contributed by atoms with van der Waals surface area (Å²) in [6, 6.07) is 12.6. The zero-order chi connectivity index (χ0) is 25.0. The van der Waals surface area contributed by atoms with Crippen molar-refractivity contribution in [2.75, 3.05) is 37.2 Å². The molecule has 2 atom stereocenters. The van der Waals surface area contributed by atoms with Crippen LogP contribution in [-0.2, 0) is 21.1 Å². The van der Waals surface area contributed by atoms with Gasteiger partial charge in [0.15, 0.2) is 26.5 Å². The zero-order valence-electron chi connectivity index (χ0n) is 20.1. The molecule has 0 N–H and O–H groups in total. The molecule has 10 heteroatoms. The number of sulfone groups is 1. The highest BCUT2D eigenvalue weighted by molar-refractivity contribution is 8.16. The van der Waals surface area contributed by atoms with Crippen LogP contribution in [0.3, 0.4) is 0 Å². The fraction of sp³-hybridized carbons (Fsp3) is 0.440. The van der Waals surface area contributed by atoms with E-state index in [1.807, 2.05) is 29.2 Å². The molecule has 2 aromatic rings. The standard InChI is InChI=1S/C25H30N2O6S2/c1-4-5-11-33-19-8-6-7-18(14-19)27-20-15-35(29,30)16-23(20)34-25(27)26-24(28)13-17-9-10-21(31-2)22(12-17)32-3/h6-10,12,14,20,23H,4-5,11,13,15-16H2,1-3H3/t20-,23-/m1/s1. The third kappa shape index (κ3) is 5.92. The Labute approximate surface area is 210 Å². The maximum Gasteiger partial charge on any atom is 0.252 e. The second-order valence-corrected chi connectivity index (χ2v) is 11.9. The summed E-state index contributed by atoms with van der Waals surface area (Å²) in [5.41, 5.74) is 1.52. The van der Waals surface area contributed by atoms with Crippen LogP contribution in [0.25, 0.3) is 0 Å². The molecular weight excluding hydrogens is 488 g/mol. The Hall–Kier alpha value is -2.72. The number of amides is 1. The van der Waals surface area contributed by atoms with Crippen molar-refractivity contribution in [3.63, 3.8) is 0 Å². The predicted molar refractivity (Wildman–Crippen MR) is 139 cm³/mol. The van der Waals surface area contributed by atoms with Gasteiger partial charge in [0, 0.05) is 17.0 Å². The summed E-state index contributed by atoms with van der Waals surface area (Å²) < 4.78 is 41.1. The lowest BCUT2D eigenvalue weighted by atomic mass is 10.1. The molecule has 2 heterocycles. The van der Waals surface area contributed by atoms with Gasteiger partial charge in [0.25, 0.3) is 5.91 Å². The van der Waals surface area contributed by atoms with Gasteiger partial charge in [-0.05, 0) is 36.2 Å². The SMILES string of the molecule is CCCCOc1cccc(N2C(=NC(=O)Cc3ccc(OC)c(OC)c3)S[C@@H]3CS(=O)(=O)C[C@H]32)c1. The van der Waals surface area contributed by atoms with Gasteiger partial charge in [0.1, 0.15) is 5.75 Å². The Kier molecular flexibility index (Phi) is 7.91. The summed E-state index contributed by atoms with van der Waals surface area (Å²) in [4.78, 5) is 19.3. The van der Waals surface area contributed by atoms with E-state index in [0.717, 1.165) is 24.1 Å². The first-order chi connectivity index (χ1) is 16.8. The molecule has 0 aromatic heterocycles. The number of ether oxygens (including phenoxy) is 3. The van der Waals surface area contributed by atoms with E-state index in [1.165, 1.54) is 11.8 Å². The lowest BCUT2D eigenvalue weighted by molar-refractivity contribution is -0.117. The first kappa shape index (κ1) is 25.4. The van der Waals surface area contributed by atoms with E-state index in [1.54, 1.807) is 32.4 Å². The second kappa shape index (κ2) is 10.9. The van der Waals surface area contributed by atoms with Crippen LogP contribution < -0.4 is 19.1 Å². The Morgan fingerprint density at radius 3 is 2.66 bits per heavy atom. The van der Waals surface area contributed by atoms with Crippen LogP contribution in [0.1, 0.15) is 25.3 Å². The number of thioether (sulfide) groups is 1. The second-order valence-electron chi connectivity index (χ2n) is 8.52. The Bertz CT molecular complexity index is 1210. The molecule has 35 heavy (non-hydrogen) atoms. The topological polar surface area (TPSA) is 94.5 Å². The molecule has 2 aromatic carbocycles. The number of anilines is 1. The van der Waals surface area contributed by atoms with E-state index in [2.05, 4.69) is 11.9 Å². The molecule has 1 amide bonds. The summed E-state index contributed by atoms with van der Waals surface area (Å²) in [6.45, 7) is 2.71. The number of nitrogens with zero attached hydrogens (tertiary/aromatic N) is 2. The molecule has 2 saturated heterocycles. The Morgan fingerprint density at radius 1 is 1.11 bits per heavy atom. The monoisotopic (exact) mass is 518 g/mol. The quantitative estimate of drug-likeness (QED) is 0.464. The van der Waals surface area contributed by atoms with Gasteiger partial charge in [0.2, 0.25) is 0 Å². The molecule has 0 aliphatic carbocycles. The summed E-state index contributed by atoms with van der Waals surface area (Å²) in [5.74, 6) is 1.64. The molecule has 2 fully saturated rings. The molecule has 0 saturated carbocycles. The average molecular weight is 519 g/mol. The minimum atomic E-state index is -3.15. The third-order valence-corrected chi connectivity index (χ3v) is 9.16. The first-order valence-corrected chi connectivity index (χ1v) is 14.2. The Balaban J connectivity index is 1.59. The number of carbonyl (C=O) groups excluding carboxylic acids is 1. The number of hydrogen-bond acceptors (Lipinski definition) is 7. The van der Waals surface area contributed by atoms with Gasteiger partial charge in [-0.1, -0.05) is 37.2 Å². The number of rotatable bonds is 9. The van der Waals surface area contributed by atoms with E-state index < -0.39 is 9.84 Å². The van der Waals surface area contributed by atoms with Gasteiger partial charge in [-0.25, -0.2) is 8.42 Å². The van der Waals surface area contributed by atoms with E-state index in [0.29, 0.717) is 29.0 Å². The van der Waals surface area contributed by atoms with Gasteiger partial charge in [-0.2, -0.15) is 4.99 Å². The fourth-order valence-corrected chi connectivity index (χ4v) is 8.17. The van der Waals surface area contributed by atoms with E-state index in [4.69, 9.17) is 14.2 Å². The van der Waals surface area contributed by atoms with Crippen LogP contribution in [0.5, 0.6) is 17.2 Å². The van der Waals surface area contributed by atoms with Gasteiger partial charge < -0.3 is 19.1 Å². The predicted octanol–water partition coefficient (Wildman–Crippen LogP) is 3.73. The van der Waals surface area contributed by atoms with Crippen molar-refractivity contribution < 1.29 is 27.4 Å². The smallest absolute Gasteiger partial charge is 0.252 e. The van der Waals surface area contributed by atoms with Crippen LogP contribution in [0.2, 0.25) is 0 Å². The molecule has 0 radical (unpaired) electrons. The highest BCUT2D eigenvalue weighted by Gasteiger charge is 2.49. The number of aliphatic imine (C=N–C) groups is 1. The van der Waals surface area contributed by atoms with Crippen LogP contribution in [0.4, 0.5) is 5.69 Å². The van der Waals surface area contributed by atoms with Crippen LogP contribution in [0.15, 0.2) is 47.5 Å². The normalized spacial score (nSPS) is 21.7. The molecular formula is C25H30N2O6S2. The molecule has 0 unspecified atom stereocenters. The highest BCUT2D eigenvalue weighted by atomic mass is 32.2. The van der Waals surface area contributed by atoms with Crippen molar-refractivity contribution >= 4 is 38.4 Å². The van der Waals surface area contributed by atoms with Crippen molar-refractivity contribution in [1.29, 1.82) is 0 Å². The van der Waals surface area contributed by atoms with E-state index in [-0.39, 0.29) is 35.1 Å². The molecule has 0 spiro atoms. The lowest BCUT2D eigenvalue weighted by Crippen LogP contribution is -2.37. The first-order valence-electron chi connectivity index (χ1n) is 11.5. The largest absolute Gasteiger partial charge is 0.494 e. The summed E-state index contributed by atoms with van der Waals surface area (Å²) in [7, 11) is -0.0460. The molecule has 4 rings (SSSR count). The third-order valence-electron chi connectivity index (χ3n) is 5.95. The zero-order valence-corrected chi connectivity index (χ0v) is 21.7. The maximum atomic E-state index is 12.9. The van der Waals surface area contributed by atoms with Crippen LogP contribution >= 0.6 is 11.8 Å². The molecule has 2 aliphatic rings. The van der Waals surface area contributed by atoms with Crippen molar-refractivity contribution in [2.24, 2.45) is 4.99 Å². The van der Waals surface area contributed by atoms with Gasteiger partial charge in [-0.15, -0.1) is 0 Å². The van der Waals surface area contributed by atoms with Crippen molar-refractivity contribution in [1.82, 2.24) is 0 Å². The van der Waals surface area contributed by atoms with Gasteiger partial charge in [0.05, 0.1) is 44.8 Å². The molecule has 2 aliphatic heterocycles. The number of benzene rings is 2. The number of fused-ring (bicyclic) bond motifs is 1.